The lowest BCUT2D eigenvalue weighted by Crippen LogP contribution is -2.11. The summed E-state index contributed by atoms with van der Waals surface area (Å²) in [5.41, 5.74) is 3.33. The van der Waals surface area contributed by atoms with Gasteiger partial charge in [0.15, 0.2) is 0 Å². The topological polar surface area (TPSA) is 24.7 Å². The summed E-state index contributed by atoms with van der Waals surface area (Å²) in [6.07, 6.45) is 0. The van der Waals surface area contributed by atoms with Gasteiger partial charge >= 0.3 is 0 Å². The molecule has 0 bridgehead atoms. The van der Waals surface area contributed by atoms with Crippen molar-refractivity contribution in [1.29, 1.82) is 0 Å². The fraction of sp³-hybridized carbons (Fsp3) is 0.0667. The van der Waals surface area contributed by atoms with Crippen LogP contribution in [-0.2, 0) is 0 Å². The highest BCUT2D eigenvalue weighted by molar-refractivity contribution is 8.15. The average molecular weight is 252 g/mol. The van der Waals surface area contributed by atoms with Gasteiger partial charge in [-0.15, -0.1) is 5.10 Å². The number of thioether (sulfide) groups is 1. The standard InChI is InChI=1S/C15H12N2S/c1-3-7-12(8-4-1)14-11-18-15(17-16-14)13-9-5-2-6-10-13/h1-10H,11H2. The largest absolute Gasteiger partial charge is 0.153 e. The second kappa shape index (κ2) is 5.19. The molecule has 1 aliphatic heterocycles. The molecule has 88 valence electrons. The predicted molar refractivity (Wildman–Crippen MR) is 78.4 cm³/mol. The summed E-state index contributed by atoms with van der Waals surface area (Å²) in [5.74, 6) is 0.873. The van der Waals surface area contributed by atoms with E-state index < -0.39 is 0 Å². The zero-order valence-corrected chi connectivity index (χ0v) is 10.6. The highest BCUT2D eigenvalue weighted by Crippen LogP contribution is 2.20. The highest BCUT2D eigenvalue weighted by Gasteiger charge is 2.13. The van der Waals surface area contributed by atoms with E-state index in [1.54, 1.807) is 11.8 Å². The Hall–Kier alpha value is -1.87. The number of nitrogens with zero attached hydrogens (tertiary/aromatic N) is 2. The first kappa shape index (κ1) is 11.2. The van der Waals surface area contributed by atoms with Crippen LogP contribution in [0, 0.1) is 0 Å². The molecule has 18 heavy (non-hydrogen) atoms. The Morgan fingerprint density at radius 2 is 1.33 bits per heavy atom. The number of rotatable bonds is 2. The lowest BCUT2D eigenvalue weighted by Gasteiger charge is -2.11. The van der Waals surface area contributed by atoms with Gasteiger partial charge in [-0.1, -0.05) is 72.4 Å². The van der Waals surface area contributed by atoms with Crippen LogP contribution in [-0.4, -0.2) is 16.5 Å². The molecular weight excluding hydrogens is 240 g/mol. The summed E-state index contributed by atoms with van der Waals surface area (Å²) in [7, 11) is 0. The van der Waals surface area contributed by atoms with Gasteiger partial charge in [-0.05, 0) is 5.56 Å². The van der Waals surface area contributed by atoms with Crippen LogP contribution in [0.25, 0.3) is 0 Å². The van der Waals surface area contributed by atoms with Gasteiger partial charge in [0.25, 0.3) is 0 Å². The van der Waals surface area contributed by atoms with Crippen molar-refractivity contribution in [3.05, 3.63) is 71.8 Å². The third kappa shape index (κ3) is 2.36. The Labute approximate surface area is 110 Å². The van der Waals surface area contributed by atoms with Crippen LogP contribution >= 0.6 is 11.8 Å². The van der Waals surface area contributed by atoms with Crippen LogP contribution in [0.1, 0.15) is 11.1 Å². The van der Waals surface area contributed by atoms with Gasteiger partial charge in [-0.3, -0.25) is 0 Å². The molecular formula is C15H12N2S. The minimum atomic E-state index is 0.873. The monoisotopic (exact) mass is 252 g/mol. The molecule has 0 fully saturated rings. The van der Waals surface area contributed by atoms with Crippen molar-refractivity contribution in [3.63, 3.8) is 0 Å². The molecule has 0 unspecified atom stereocenters. The van der Waals surface area contributed by atoms with Crippen molar-refractivity contribution in [2.45, 2.75) is 0 Å². The Bertz CT molecular complexity index is 533. The van der Waals surface area contributed by atoms with Crippen LogP contribution < -0.4 is 0 Å². The lowest BCUT2D eigenvalue weighted by molar-refractivity contribution is 1.23. The van der Waals surface area contributed by atoms with Gasteiger partial charge in [-0.25, -0.2) is 0 Å². The molecule has 0 spiro atoms. The zero-order valence-electron chi connectivity index (χ0n) is 9.78. The van der Waals surface area contributed by atoms with Gasteiger partial charge in [0.1, 0.15) is 5.04 Å². The van der Waals surface area contributed by atoms with Gasteiger partial charge < -0.3 is 0 Å². The third-order valence-corrected chi connectivity index (χ3v) is 3.74. The summed E-state index contributed by atoms with van der Waals surface area (Å²) >= 11 is 1.74. The van der Waals surface area contributed by atoms with Crippen molar-refractivity contribution < 1.29 is 0 Å². The first-order valence-electron chi connectivity index (χ1n) is 5.81. The Balaban J connectivity index is 1.88. The maximum atomic E-state index is 4.34. The van der Waals surface area contributed by atoms with E-state index in [0.717, 1.165) is 27.6 Å². The molecule has 1 aliphatic rings. The molecule has 0 aromatic heterocycles. The maximum Gasteiger partial charge on any atom is 0.126 e. The number of hydrogen-bond donors (Lipinski definition) is 0. The van der Waals surface area contributed by atoms with Crippen molar-refractivity contribution in [2.24, 2.45) is 10.2 Å². The molecule has 2 aromatic rings. The van der Waals surface area contributed by atoms with E-state index >= 15 is 0 Å². The summed E-state index contributed by atoms with van der Waals surface area (Å²) in [4.78, 5) is 0. The van der Waals surface area contributed by atoms with Crippen molar-refractivity contribution in [1.82, 2.24) is 0 Å². The van der Waals surface area contributed by atoms with E-state index in [2.05, 4.69) is 34.5 Å². The summed E-state index contributed by atoms with van der Waals surface area (Å²) in [5, 5.41) is 9.66. The quantitative estimate of drug-likeness (QED) is 0.801. The summed E-state index contributed by atoms with van der Waals surface area (Å²) in [6.45, 7) is 0. The molecule has 2 nitrogen and oxygen atoms in total. The van der Waals surface area contributed by atoms with Crippen molar-refractivity contribution in [3.8, 4) is 0 Å². The smallest absolute Gasteiger partial charge is 0.126 e. The first-order valence-corrected chi connectivity index (χ1v) is 6.80. The van der Waals surface area contributed by atoms with Crippen LogP contribution in [0.4, 0.5) is 0 Å². The van der Waals surface area contributed by atoms with E-state index in [4.69, 9.17) is 0 Å². The fourth-order valence-electron chi connectivity index (χ4n) is 1.79. The second-order valence-electron chi connectivity index (χ2n) is 3.97. The first-order chi connectivity index (χ1) is 8.93. The molecule has 2 aromatic carbocycles. The lowest BCUT2D eigenvalue weighted by atomic mass is 10.1. The minimum absolute atomic E-state index is 0.873. The summed E-state index contributed by atoms with van der Waals surface area (Å²) < 4.78 is 0. The molecule has 0 saturated carbocycles. The molecule has 0 amide bonds. The summed E-state index contributed by atoms with van der Waals surface area (Å²) in [6, 6.07) is 20.4. The molecule has 0 aliphatic carbocycles. The van der Waals surface area contributed by atoms with E-state index in [9.17, 15) is 0 Å². The van der Waals surface area contributed by atoms with E-state index in [-0.39, 0.29) is 0 Å². The Morgan fingerprint density at radius 1 is 0.722 bits per heavy atom. The maximum absolute atomic E-state index is 4.34. The molecule has 3 heteroatoms. The zero-order chi connectivity index (χ0) is 12.2. The minimum Gasteiger partial charge on any atom is -0.153 e. The highest BCUT2D eigenvalue weighted by atomic mass is 32.2. The molecule has 1 heterocycles. The van der Waals surface area contributed by atoms with Crippen molar-refractivity contribution in [2.75, 3.05) is 5.75 Å². The molecule has 0 N–H and O–H groups in total. The molecule has 0 saturated heterocycles. The van der Waals surface area contributed by atoms with E-state index in [1.807, 2.05) is 36.4 Å². The molecule has 3 rings (SSSR count). The Kier molecular flexibility index (Phi) is 3.24. The van der Waals surface area contributed by atoms with E-state index in [0.29, 0.717) is 0 Å². The van der Waals surface area contributed by atoms with Crippen LogP contribution in [0.3, 0.4) is 0 Å². The van der Waals surface area contributed by atoms with Crippen LogP contribution in [0.15, 0.2) is 70.9 Å². The van der Waals surface area contributed by atoms with Crippen LogP contribution in [0.2, 0.25) is 0 Å². The predicted octanol–water partition coefficient (Wildman–Crippen LogP) is 3.58. The van der Waals surface area contributed by atoms with Gasteiger partial charge in [0, 0.05) is 11.3 Å². The van der Waals surface area contributed by atoms with Crippen LogP contribution in [0.5, 0.6) is 0 Å². The SMILES string of the molecule is c1ccc(C2=NN=C(c3ccccc3)SC2)cc1. The molecule has 0 atom stereocenters. The fourth-order valence-corrected chi connectivity index (χ4v) is 2.69. The average Bonchev–Trinajstić information content (AvgIpc) is 2.49. The van der Waals surface area contributed by atoms with Gasteiger partial charge in [-0.2, -0.15) is 5.10 Å². The number of hydrogen-bond acceptors (Lipinski definition) is 3. The normalized spacial score (nSPS) is 14.9. The van der Waals surface area contributed by atoms with E-state index in [1.165, 1.54) is 0 Å². The van der Waals surface area contributed by atoms with Gasteiger partial charge in [0.05, 0.1) is 5.71 Å². The van der Waals surface area contributed by atoms with Crippen molar-refractivity contribution >= 4 is 22.5 Å². The van der Waals surface area contributed by atoms with Gasteiger partial charge in [0.2, 0.25) is 0 Å². The molecule has 0 radical (unpaired) electrons. The second-order valence-corrected chi connectivity index (χ2v) is 4.94. The third-order valence-electron chi connectivity index (χ3n) is 2.73. The Morgan fingerprint density at radius 3 is 1.89 bits per heavy atom. The number of benzene rings is 2.